The maximum Gasteiger partial charge on any atom is 0.328 e. The smallest absolute Gasteiger partial charge is 0.328 e. The molecule has 3 aliphatic rings. The number of nitrogens with zero attached hydrogens (tertiary/aromatic N) is 2. The first-order valence-electron chi connectivity index (χ1n) is 11.9. The van der Waals surface area contributed by atoms with Crippen LogP contribution in [0.3, 0.4) is 0 Å². The molecule has 1 aromatic carbocycles. The van der Waals surface area contributed by atoms with E-state index in [2.05, 4.69) is 16.4 Å². The predicted octanol–water partition coefficient (Wildman–Crippen LogP) is 3.68. The summed E-state index contributed by atoms with van der Waals surface area (Å²) in [5, 5.41) is 4.22. The fraction of sp³-hybridized carbons (Fsp3) is 0.560. The van der Waals surface area contributed by atoms with E-state index in [1.807, 2.05) is 39.0 Å². The average molecular weight is 437 g/mol. The Morgan fingerprint density at radius 3 is 2.66 bits per heavy atom. The van der Waals surface area contributed by atoms with Gasteiger partial charge in [0, 0.05) is 23.5 Å². The molecular weight excluding hydrogens is 404 g/mol. The number of benzene rings is 1. The maximum absolute atomic E-state index is 13.9. The van der Waals surface area contributed by atoms with Gasteiger partial charge in [0.15, 0.2) is 5.54 Å². The van der Waals surface area contributed by atoms with Crippen LogP contribution in [0, 0.1) is 5.92 Å². The summed E-state index contributed by atoms with van der Waals surface area (Å²) in [6, 6.07) is 7.01. The maximum atomic E-state index is 13.9. The van der Waals surface area contributed by atoms with Crippen LogP contribution >= 0.6 is 0 Å². The Morgan fingerprint density at radius 1 is 1.22 bits per heavy atom. The molecule has 1 aliphatic carbocycles. The van der Waals surface area contributed by atoms with Crippen molar-refractivity contribution in [2.45, 2.75) is 76.9 Å². The van der Waals surface area contributed by atoms with E-state index in [9.17, 15) is 14.4 Å². The number of aromatic nitrogens is 1. The fourth-order valence-corrected chi connectivity index (χ4v) is 5.84. The van der Waals surface area contributed by atoms with Crippen LogP contribution in [0.15, 0.2) is 24.3 Å². The van der Waals surface area contributed by atoms with Gasteiger partial charge in [-0.3, -0.25) is 9.59 Å². The molecule has 7 nitrogen and oxygen atoms in total. The summed E-state index contributed by atoms with van der Waals surface area (Å²) in [6.07, 6.45) is 5.28. The first kappa shape index (κ1) is 21.0. The number of fused-ring (bicyclic) bond motifs is 5. The van der Waals surface area contributed by atoms with Crippen LogP contribution in [0.4, 0.5) is 4.79 Å². The van der Waals surface area contributed by atoms with Crippen LogP contribution in [0.2, 0.25) is 0 Å². The zero-order valence-corrected chi connectivity index (χ0v) is 19.1. The largest absolute Gasteiger partial charge is 0.356 e. The molecule has 7 heteroatoms. The highest BCUT2D eigenvalue weighted by Crippen LogP contribution is 2.45. The quantitative estimate of drug-likeness (QED) is 0.701. The number of nitrogens with one attached hydrogen (secondary N) is 2. The molecule has 2 aromatic rings. The second kappa shape index (κ2) is 7.64. The third-order valence-electron chi connectivity index (χ3n) is 7.51. The molecule has 170 valence electrons. The highest BCUT2D eigenvalue weighted by atomic mass is 16.2. The van der Waals surface area contributed by atoms with Crippen molar-refractivity contribution in [3.8, 4) is 0 Å². The minimum Gasteiger partial charge on any atom is -0.356 e. The summed E-state index contributed by atoms with van der Waals surface area (Å²) in [5.41, 5.74) is 1.73. The number of carbonyl (C=O) groups excluding carboxylic acids is 3. The Morgan fingerprint density at radius 2 is 1.94 bits per heavy atom. The van der Waals surface area contributed by atoms with Gasteiger partial charge in [-0.05, 0) is 50.2 Å². The molecule has 0 spiro atoms. The SMILES string of the molecule is CC(C)C[C@@H](C(=O)NC1CCCC1)N1C(=O)N2CCc3c([nH]c4ccccc34)[C@@]2(C)C1=O. The second-order valence-corrected chi connectivity index (χ2v) is 10.1. The molecule has 0 bridgehead atoms. The predicted molar refractivity (Wildman–Crippen MR) is 122 cm³/mol. The number of hydrogen-bond acceptors (Lipinski definition) is 3. The van der Waals surface area contributed by atoms with Crippen LogP contribution in [0.1, 0.15) is 64.1 Å². The number of para-hydroxylation sites is 1. The van der Waals surface area contributed by atoms with E-state index in [1.54, 1.807) is 4.90 Å². The summed E-state index contributed by atoms with van der Waals surface area (Å²) in [4.78, 5) is 47.2. The molecule has 32 heavy (non-hydrogen) atoms. The van der Waals surface area contributed by atoms with Crippen molar-refractivity contribution in [3.63, 3.8) is 0 Å². The number of hydrogen-bond donors (Lipinski definition) is 2. The van der Waals surface area contributed by atoms with Gasteiger partial charge in [0.25, 0.3) is 5.91 Å². The lowest BCUT2D eigenvalue weighted by molar-refractivity contribution is -0.140. The zero-order valence-electron chi connectivity index (χ0n) is 19.1. The van der Waals surface area contributed by atoms with Gasteiger partial charge in [0.05, 0.1) is 5.69 Å². The zero-order chi connectivity index (χ0) is 22.6. The number of urea groups is 1. The van der Waals surface area contributed by atoms with Crippen LogP contribution < -0.4 is 5.32 Å². The van der Waals surface area contributed by atoms with E-state index in [1.165, 1.54) is 4.90 Å². The molecule has 0 unspecified atom stereocenters. The molecular formula is C25H32N4O3. The standard InChI is InChI=1S/C25H32N4O3/c1-15(2)14-20(22(30)26-16-8-4-5-9-16)29-23(31)25(3)21-18(12-13-28(25)24(29)32)17-10-6-7-11-19(17)27-21/h6-7,10-11,15-16,20,27H,4-5,8-9,12-14H2,1-3H3,(H,26,30)/t20-,25-/m0/s1. The first-order chi connectivity index (χ1) is 15.3. The van der Waals surface area contributed by atoms with E-state index in [0.29, 0.717) is 19.4 Å². The van der Waals surface area contributed by atoms with E-state index < -0.39 is 11.6 Å². The molecule has 1 saturated heterocycles. The molecule has 5 rings (SSSR count). The third-order valence-corrected chi connectivity index (χ3v) is 7.51. The normalized spacial score (nSPS) is 24.4. The monoisotopic (exact) mass is 436 g/mol. The molecule has 2 atom stereocenters. The van der Waals surface area contributed by atoms with Crippen LogP contribution in [-0.2, 0) is 21.5 Å². The van der Waals surface area contributed by atoms with Crippen molar-refractivity contribution in [2.75, 3.05) is 6.54 Å². The van der Waals surface area contributed by atoms with E-state index in [4.69, 9.17) is 0 Å². The molecule has 0 radical (unpaired) electrons. The van der Waals surface area contributed by atoms with Crippen molar-refractivity contribution >= 4 is 28.7 Å². The van der Waals surface area contributed by atoms with Crippen LogP contribution in [-0.4, -0.2) is 51.3 Å². The summed E-state index contributed by atoms with van der Waals surface area (Å²) in [7, 11) is 0. The second-order valence-electron chi connectivity index (χ2n) is 10.1. The van der Waals surface area contributed by atoms with Crippen molar-refractivity contribution in [1.82, 2.24) is 20.1 Å². The van der Waals surface area contributed by atoms with E-state index >= 15 is 0 Å². The molecule has 1 aromatic heterocycles. The highest BCUT2D eigenvalue weighted by Gasteiger charge is 2.60. The molecule has 4 amide bonds. The lowest BCUT2D eigenvalue weighted by atomic mass is 9.86. The van der Waals surface area contributed by atoms with Gasteiger partial charge in [-0.15, -0.1) is 0 Å². The Hall–Kier alpha value is -2.83. The Balaban J connectivity index is 1.53. The summed E-state index contributed by atoms with van der Waals surface area (Å²) >= 11 is 0. The van der Waals surface area contributed by atoms with Crippen molar-refractivity contribution in [3.05, 3.63) is 35.5 Å². The van der Waals surface area contributed by atoms with E-state index in [-0.39, 0.29) is 29.8 Å². The van der Waals surface area contributed by atoms with Crippen molar-refractivity contribution in [1.29, 1.82) is 0 Å². The summed E-state index contributed by atoms with van der Waals surface area (Å²) < 4.78 is 0. The van der Waals surface area contributed by atoms with Gasteiger partial charge >= 0.3 is 6.03 Å². The Labute approximate surface area is 188 Å². The average Bonchev–Trinajstić information content (AvgIpc) is 3.44. The minimum atomic E-state index is -1.12. The van der Waals surface area contributed by atoms with Gasteiger partial charge in [0.2, 0.25) is 5.91 Å². The summed E-state index contributed by atoms with van der Waals surface area (Å²) in [6.45, 7) is 6.32. The lowest BCUT2D eigenvalue weighted by Gasteiger charge is -2.36. The van der Waals surface area contributed by atoms with Crippen LogP contribution in [0.5, 0.6) is 0 Å². The topological polar surface area (TPSA) is 85.5 Å². The Bertz CT molecular complexity index is 1080. The number of aromatic amines is 1. The number of imide groups is 1. The minimum absolute atomic E-state index is 0.142. The lowest BCUT2D eigenvalue weighted by Crippen LogP contribution is -2.53. The van der Waals surface area contributed by atoms with Crippen molar-refractivity contribution < 1.29 is 14.4 Å². The number of H-pyrrole nitrogens is 1. The number of amides is 4. The van der Waals surface area contributed by atoms with Gasteiger partial charge < -0.3 is 15.2 Å². The molecule has 3 heterocycles. The molecule has 1 saturated carbocycles. The number of rotatable bonds is 5. The molecule has 2 fully saturated rings. The van der Waals surface area contributed by atoms with Crippen LogP contribution in [0.25, 0.3) is 10.9 Å². The van der Waals surface area contributed by atoms with E-state index in [0.717, 1.165) is 47.8 Å². The highest BCUT2D eigenvalue weighted by molar-refractivity contribution is 6.11. The molecule has 2 N–H and O–H groups in total. The van der Waals surface area contributed by atoms with Gasteiger partial charge in [0.1, 0.15) is 6.04 Å². The Kier molecular flexibility index (Phi) is 5.02. The first-order valence-corrected chi connectivity index (χ1v) is 11.9. The van der Waals surface area contributed by atoms with Gasteiger partial charge in [-0.1, -0.05) is 44.9 Å². The fourth-order valence-electron chi connectivity index (χ4n) is 5.84. The summed E-state index contributed by atoms with van der Waals surface area (Å²) in [5.74, 6) is -0.334. The molecule has 2 aliphatic heterocycles. The van der Waals surface area contributed by atoms with Gasteiger partial charge in [-0.2, -0.15) is 0 Å². The van der Waals surface area contributed by atoms with Crippen molar-refractivity contribution in [2.24, 2.45) is 5.92 Å². The number of carbonyl (C=O) groups is 3. The third kappa shape index (κ3) is 3.05. The van der Waals surface area contributed by atoms with Gasteiger partial charge in [-0.25, -0.2) is 9.69 Å².